The molecule has 0 bridgehead atoms. The Hall–Kier alpha value is -1.03. The number of nitrogens with two attached hydrogens (primary N) is 2. The van der Waals surface area contributed by atoms with E-state index in [9.17, 15) is 0 Å². The van der Waals surface area contributed by atoms with Gasteiger partial charge in [-0.05, 0) is 6.42 Å². The lowest BCUT2D eigenvalue weighted by atomic mass is 10.4. The van der Waals surface area contributed by atoms with E-state index >= 15 is 0 Å². The molecular weight excluding hydrogens is 128 g/mol. The van der Waals surface area contributed by atoms with E-state index in [2.05, 4.69) is 4.98 Å². The fraction of sp³-hybridized carbons (Fsp3) is 0.500. The Balaban J connectivity index is 2.82. The van der Waals surface area contributed by atoms with Gasteiger partial charge >= 0.3 is 0 Å². The summed E-state index contributed by atoms with van der Waals surface area (Å²) in [6, 6.07) is 0. The lowest BCUT2D eigenvalue weighted by Gasteiger charge is -2.10. The zero-order valence-electron chi connectivity index (χ0n) is 5.99. The molecule has 1 aromatic heterocycles. The molecule has 56 valence electrons. The number of aromatic nitrogens is 2. The number of nitrogens with zero attached hydrogens (tertiary/aromatic N) is 2. The first kappa shape index (κ1) is 7.08. The normalized spacial score (nSPS) is 13.4. The molecule has 1 rings (SSSR count). The maximum Gasteiger partial charge on any atom is 0.201 e. The average Bonchev–Trinajstić information content (AvgIpc) is 2.34. The highest BCUT2D eigenvalue weighted by molar-refractivity contribution is 5.17. The molecular formula is C6H12N4. The monoisotopic (exact) mass is 140 g/mol. The van der Waals surface area contributed by atoms with Gasteiger partial charge in [0.1, 0.15) is 0 Å². The molecule has 4 nitrogen and oxygen atoms in total. The summed E-state index contributed by atoms with van der Waals surface area (Å²) in [4.78, 5) is 3.85. The van der Waals surface area contributed by atoms with Gasteiger partial charge in [-0.3, -0.25) is 0 Å². The Morgan fingerprint density at radius 1 is 1.80 bits per heavy atom. The van der Waals surface area contributed by atoms with E-state index in [4.69, 9.17) is 11.5 Å². The van der Waals surface area contributed by atoms with E-state index in [-0.39, 0.29) is 6.17 Å². The van der Waals surface area contributed by atoms with Crippen molar-refractivity contribution in [3.05, 3.63) is 12.4 Å². The molecule has 4 N–H and O–H groups in total. The topological polar surface area (TPSA) is 69.9 Å². The van der Waals surface area contributed by atoms with Gasteiger partial charge in [0.25, 0.3) is 0 Å². The van der Waals surface area contributed by atoms with Gasteiger partial charge < -0.3 is 16.0 Å². The van der Waals surface area contributed by atoms with Crippen molar-refractivity contribution in [1.29, 1.82) is 0 Å². The molecule has 4 heteroatoms. The van der Waals surface area contributed by atoms with Gasteiger partial charge in [-0.1, -0.05) is 6.92 Å². The molecule has 0 aromatic carbocycles. The minimum atomic E-state index is -0.0394. The zero-order valence-corrected chi connectivity index (χ0v) is 5.99. The van der Waals surface area contributed by atoms with Gasteiger partial charge in [-0.25, -0.2) is 4.98 Å². The first-order valence-electron chi connectivity index (χ1n) is 3.29. The third-order valence-electron chi connectivity index (χ3n) is 1.47. The number of anilines is 1. The summed E-state index contributed by atoms with van der Waals surface area (Å²) >= 11 is 0. The number of imidazole rings is 1. The molecule has 10 heavy (non-hydrogen) atoms. The summed E-state index contributed by atoms with van der Waals surface area (Å²) in [5.41, 5.74) is 11.2. The van der Waals surface area contributed by atoms with Crippen LogP contribution in [0.4, 0.5) is 5.95 Å². The van der Waals surface area contributed by atoms with Crippen LogP contribution in [0.3, 0.4) is 0 Å². The van der Waals surface area contributed by atoms with Crippen molar-refractivity contribution in [2.45, 2.75) is 19.5 Å². The highest BCUT2D eigenvalue weighted by atomic mass is 15.2. The highest BCUT2D eigenvalue weighted by Crippen LogP contribution is 2.07. The molecule has 1 unspecified atom stereocenters. The molecule has 0 fully saturated rings. The van der Waals surface area contributed by atoms with Crippen LogP contribution in [0.5, 0.6) is 0 Å². The largest absolute Gasteiger partial charge is 0.369 e. The second-order valence-electron chi connectivity index (χ2n) is 2.17. The van der Waals surface area contributed by atoms with Crippen molar-refractivity contribution >= 4 is 5.95 Å². The first-order valence-corrected chi connectivity index (χ1v) is 3.29. The molecule has 0 aliphatic rings. The van der Waals surface area contributed by atoms with Crippen LogP contribution in [-0.4, -0.2) is 9.55 Å². The summed E-state index contributed by atoms with van der Waals surface area (Å²) in [7, 11) is 0. The third kappa shape index (κ3) is 1.11. The molecule has 1 aromatic rings. The molecule has 0 aliphatic carbocycles. The maximum absolute atomic E-state index is 5.68. The van der Waals surface area contributed by atoms with Crippen molar-refractivity contribution in [2.24, 2.45) is 5.73 Å². The summed E-state index contributed by atoms with van der Waals surface area (Å²) in [6.45, 7) is 2.00. The fourth-order valence-electron chi connectivity index (χ4n) is 0.802. The van der Waals surface area contributed by atoms with Crippen molar-refractivity contribution in [3.63, 3.8) is 0 Å². The van der Waals surface area contributed by atoms with Gasteiger partial charge in [0, 0.05) is 12.4 Å². The van der Waals surface area contributed by atoms with Crippen LogP contribution in [0.1, 0.15) is 19.5 Å². The van der Waals surface area contributed by atoms with Crippen LogP contribution in [0.2, 0.25) is 0 Å². The third-order valence-corrected chi connectivity index (χ3v) is 1.47. The Kier molecular flexibility index (Phi) is 1.91. The lowest BCUT2D eigenvalue weighted by Crippen LogP contribution is -2.18. The average molecular weight is 140 g/mol. The second-order valence-corrected chi connectivity index (χ2v) is 2.17. The molecule has 1 heterocycles. The Labute approximate surface area is 59.8 Å². The molecule has 0 amide bonds. The van der Waals surface area contributed by atoms with Crippen molar-refractivity contribution < 1.29 is 0 Å². The van der Waals surface area contributed by atoms with E-state index < -0.39 is 0 Å². The first-order chi connectivity index (χ1) is 4.75. The van der Waals surface area contributed by atoms with E-state index in [0.29, 0.717) is 5.95 Å². The van der Waals surface area contributed by atoms with Crippen molar-refractivity contribution in [3.8, 4) is 0 Å². The van der Waals surface area contributed by atoms with Crippen LogP contribution in [-0.2, 0) is 0 Å². The second kappa shape index (κ2) is 2.70. The summed E-state index contributed by atoms with van der Waals surface area (Å²) in [5.74, 6) is 0.481. The number of hydrogen-bond donors (Lipinski definition) is 2. The van der Waals surface area contributed by atoms with Crippen LogP contribution in [0.15, 0.2) is 12.4 Å². The predicted octanol–water partition coefficient (Wildman–Crippen LogP) is 0.333. The molecule has 0 aliphatic heterocycles. The smallest absolute Gasteiger partial charge is 0.201 e. The summed E-state index contributed by atoms with van der Waals surface area (Å²) < 4.78 is 1.75. The standard InChI is InChI=1S/C6H12N4/c1-2-5(7)10-4-3-9-6(10)8/h3-5H,2,7H2,1H3,(H2,8,9). The van der Waals surface area contributed by atoms with Crippen LogP contribution >= 0.6 is 0 Å². The fourth-order valence-corrected chi connectivity index (χ4v) is 0.802. The summed E-state index contributed by atoms with van der Waals surface area (Å²) in [6.07, 6.45) is 4.25. The predicted molar refractivity (Wildman–Crippen MR) is 40.2 cm³/mol. The number of rotatable bonds is 2. The van der Waals surface area contributed by atoms with Gasteiger partial charge in [0.2, 0.25) is 5.95 Å². The molecule has 1 atom stereocenters. The van der Waals surface area contributed by atoms with Gasteiger partial charge in [0.15, 0.2) is 0 Å². The lowest BCUT2D eigenvalue weighted by molar-refractivity contribution is 0.512. The van der Waals surface area contributed by atoms with Gasteiger partial charge in [-0.15, -0.1) is 0 Å². The van der Waals surface area contributed by atoms with Crippen LogP contribution in [0, 0.1) is 0 Å². The Bertz CT molecular complexity index is 205. The van der Waals surface area contributed by atoms with Crippen LogP contribution < -0.4 is 11.5 Å². The van der Waals surface area contributed by atoms with Crippen LogP contribution in [0.25, 0.3) is 0 Å². The maximum atomic E-state index is 5.68. The van der Waals surface area contributed by atoms with Gasteiger partial charge in [0.05, 0.1) is 6.17 Å². The van der Waals surface area contributed by atoms with E-state index in [1.54, 1.807) is 17.0 Å². The number of nitrogen functional groups attached to an aromatic ring is 1. The minimum Gasteiger partial charge on any atom is -0.369 e. The minimum absolute atomic E-state index is 0.0394. The number of hydrogen-bond acceptors (Lipinski definition) is 3. The molecule has 0 saturated heterocycles. The Morgan fingerprint density at radius 2 is 2.50 bits per heavy atom. The molecule has 0 spiro atoms. The highest BCUT2D eigenvalue weighted by Gasteiger charge is 2.03. The van der Waals surface area contributed by atoms with Crippen molar-refractivity contribution in [2.75, 3.05) is 5.73 Å². The van der Waals surface area contributed by atoms with E-state index in [0.717, 1.165) is 6.42 Å². The zero-order chi connectivity index (χ0) is 7.56. The Morgan fingerprint density at radius 3 is 2.90 bits per heavy atom. The molecule has 0 radical (unpaired) electrons. The summed E-state index contributed by atoms with van der Waals surface area (Å²) in [5, 5.41) is 0. The van der Waals surface area contributed by atoms with Gasteiger partial charge in [-0.2, -0.15) is 0 Å². The van der Waals surface area contributed by atoms with E-state index in [1.807, 2.05) is 6.92 Å². The van der Waals surface area contributed by atoms with E-state index in [1.165, 1.54) is 0 Å². The molecule has 0 saturated carbocycles. The van der Waals surface area contributed by atoms with Crippen molar-refractivity contribution in [1.82, 2.24) is 9.55 Å². The quantitative estimate of drug-likeness (QED) is 0.622. The SMILES string of the molecule is CCC(N)n1ccnc1N.